The van der Waals surface area contributed by atoms with Gasteiger partial charge in [0.2, 0.25) is 0 Å². The monoisotopic (exact) mass is 292 g/mol. The summed E-state index contributed by atoms with van der Waals surface area (Å²) in [5.41, 5.74) is 6.17. The Morgan fingerprint density at radius 3 is 2.35 bits per heavy atom. The minimum atomic E-state index is -0.305. The van der Waals surface area contributed by atoms with Crippen molar-refractivity contribution in [3.63, 3.8) is 0 Å². The molecule has 2 rings (SSSR count). The summed E-state index contributed by atoms with van der Waals surface area (Å²) in [7, 11) is 0. The smallest absolute Gasteiger partial charge is 0.301 e. The van der Waals surface area contributed by atoms with Crippen LogP contribution in [0.3, 0.4) is 0 Å². The molecule has 0 aliphatic heterocycles. The maximum atomic E-state index is 11.9. The van der Waals surface area contributed by atoms with E-state index in [1.165, 1.54) is 0 Å². The minimum absolute atomic E-state index is 0.207. The highest BCUT2D eigenvalue weighted by Crippen LogP contribution is 2.23. The van der Waals surface area contributed by atoms with Crippen molar-refractivity contribution in [2.24, 2.45) is 0 Å². The first-order valence-corrected chi connectivity index (χ1v) is 6.66. The molecule has 1 aromatic carbocycles. The SMILES string of the molecule is CC(C)(C)NNC(=O)c1ccc(-c2ccc(Cl)cc2)o1. The molecule has 0 fully saturated rings. The molecule has 0 saturated carbocycles. The highest BCUT2D eigenvalue weighted by molar-refractivity contribution is 6.30. The molecule has 2 aromatic rings. The molecule has 0 unspecified atom stereocenters. The van der Waals surface area contributed by atoms with Crippen molar-refractivity contribution < 1.29 is 9.21 Å². The number of benzene rings is 1. The zero-order valence-electron chi connectivity index (χ0n) is 11.7. The van der Waals surface area contributed by atoms with Gasteiger partial charge >= 0.3 is 5.91 Å². The molecule has 0 aliphatic rings. The number of rotatable bonds is 3. The Balaban J connectivity index is 2.09. The number of carbonyl (C=O) groups is 1. The summed E-state index contributed by atoms with van der Waals surface area (Å²) in [5, 5.41) is 0.660. The lowest BCUT2D eigenvalue weighted by Gasteiger charge is -2.20. The second kappa shape index (κ2) is 5.69. The van der Waals surface area contributed by atoms with Gasteiger partial charge in [-0.2, -0.15) is 0 Å². The molecular weight excluding hydrogens is 276 g/mol. The van der Waals surface area contributed by atoms with Gasteiger partial charge in [0.15, 0.2) is 5.76 Å². The molecule has 5 heteroatoms. The molecule has 0 radical (unpaired) electrons. The summed E-state index contributed by atoms with van der Waals surface area (Å²) in [4.78, 5) is 11.9. The standard InChI is InChI=1S/C15H17ClN2O2/c1-15(2,3)18-17-14(19)13-9-8-12(20-13)10-4-6-11(16)7-5-10/h4-9,18H,1-3H3,(H,17,19). The van der Waals surface area contributed by atoms with E-state index in [0.717, 1.165) is 5.56 Å². The summed E-state index contributed by atoms with van der Waals surface area (Å²) in [5.74, 6) is 0.578. The molecule has 2 N–H and O–H groups in total. The third kappa shape index (κ3) is 3.85. The van der Waals surface area contributed by atoms with Gasteiger partial charge in [-0.15, -0.1) is 0 Å². The molecule has 1 amide bonds. The predicted octanol–water partition coefficient (Wildman–Crippen LogP) is 3.63. The molecule has 20 heavy (non-hydrogen) atoms. The first-order valence-electron chi connectivity index (χ1n) is 6.28. The van der Waals surface area contributed by atoms with Gasteiger partial charge in [-0.3, -0.25) is 10.2 Å². The topological polar surface area (TPSA) is 54.3 Å². The van der Waals surface area contributed by atoms with Crippen molar-refractivity contribution in [3.05, 3.63) is 47.2 Å². The van der Waals surface area contributed by atoms with Crippen molar-refractivity contribution in [1.29, 1.82) is 0 Å². The Bertz CT molecular complexity index is 597. The van der Waals surface area contributed by atoms with Gasteiger partial charge in [0, 0.05) is 16.1 Å². The van der Waals surface area contributed by atoms with E-state index in [2.05, 4.69) is 10.9 Å². The zero-order valence-corrected chi connectivity index (χ0v) is 12.4. The Labute approximate surface area is 123 Å². The average molecular weight is 293 g/mol. The third-order valence-electron chi connectivity index (χ3n) is 2.51. The van der Waals surface area contributed by atoms with Gasteiger partial charge in [0.1, 0.15) is 5.76 Å². The van der Waals surface area contributed by atoms with Crippen LogP contribution in [0.15, 0.2) is 40.8 Å². The molecule has 0 aliphatic carbocycles. The highest BCUT2D eigenvalue weighted by Gasteiger charge is 2.15. The summed E-state index contributed by atoms with van der Waals surface area (Å²) in [6.07, 6.45) is 0. The molecule has 0 spiro atoms. The lowest BCUT2D eigenvalue weighted by Crippen LogP contribution is -2.48. The maximum absolute atomic E-state index is 11.9. The number of carbonyl (C=O) groups excluding carboxylic acids is 1. The Kier molecular flexibility index (Phi) is 4.16. The van der Waals surface area contributed by atoms with Crippen LogP contribution in [0, 0.1) is 0 Å². The van der Waals surface area contributed by atoms with Gasteiger partial charge in [-0.25, -0.2) is 5.43 Å². The van der Waals surface area contributed by atoms with Crippen molar-refractivity contribution in [1.82, 2.24) is 10.9 Å². The van der Waals surface area contributed by atoms with Gasteiger partial charge < -0.3 is 4.42 Å². The van der Waals surface area contributed by atoms with E-state index in [9.17, 15) is 4.79 Å². The normalized spacial score (nSPS) is 11.4. The minimum Gasteiger partial charge on any atom is -0.451 e. The number of hydrogen-bond donors (Lipinski definition) is 2. The molecule has 1 aromatic heterocycles. The van der Waals surface area contributed by atoms with Crippen LogP contribution in [-0.2, 0) is 0 Å². The average Bonchev–Trinajstić information content (AvgIpc) is 2.85. The van der Waals surface area contributed by atoms with Gasteiger partial charge in [0.25, 0.3) is 0 Å². The second-order valence-electron chi connectivity index (χ2n) is 5.50. The van der Waals surface area contributed by atoms with Crippen molar-refractivity contribution in [3.8, 4) is 11.3 Å². The van der Waals surface area contributed by atoms with Crippen LogP contribution in [0.4, 0.5) is 0 Å². The van der Waals surface area contributed by atoms with Crippen LogP contribution < -0.4 is 10.9 Å². The first kappa shape index (κ1) is 14.6. The van der Waals surface area contributed by atoms with E-state index in [1.807, 2.05) is 32.9 Å². The molecule has 106 valence electrons. The molecule has 4 nitrogen and oxygen atoms in total. The maximum Gasteiger partial charge on any atom is 0.301 e. The largest absolute Gasteiger partial charge is 0.451 e. The fraction of sp³-hybridized carbons (Fsp3) is 0.267. The van der Waals surface area contributed by atoms with Crippen LogP contribution >= 0.6 is 11.6 Å². The van der Waals surface area contributed by atoms with E-state index in [4.69, 9.17) is 16.0 Å². The number of halogens is 1. The fourth-order valence-electron chi connectivity index (χ4n) is 1.54. The highest BCUT2D eigenvalue weighted by atomic mass is 35.5. The number of hydrogen-bond acceptors (Lipinski definition) is 3. The van der Waals surface area contributed by atoms with Crippen LogP contribution in [0.2, 0.25) is 5.02 Å². The summed E-state index contributed by atoms with van der Waals surface area (Å²) in [6.45, 7) is 5.86. The molecule has 0 bridgehead atoms. The van der Waals surface area contributed by atoms with Gasteiger partial charge in [0.05, 0.1) is 0 Å². The van der Waals surface area contributed by atoms with E-state index >= 15 is 0 Å². The van der Waals surface area contributed by atoms with E-state index in [1.54, 1.807) is 24.3 Å². The van der Waals surface area contributed by atoms with Crippen LogP contribution in [0.25, 0.3) is 11.3 Å². The summed E-state index contributed by atoms with van der Waals surface area (Å²) in [6, 6.07) is 10.6. The number of furan rings is 1. The Morgan fingerprint density at radius 2 is 1.75 bits per heavy atom. The fourth-order valence-corrected chi connectivity index (χ4v) is 1.66. The Morgan fingerprint density at radius 1 is 1.10 bits per heavy atom. The predicted molar refractivity (Wildman–Crippen MR) is 79.5 cm³/mol. The first-order chi connectivity index (χ1) is 9.35. The van der Waals surface area contributed by atoms with E-state index in [0.29, 0.717) is 10.8 Å². The number of hydrazine groups is 1. The van der Waals surface area contributed by atoms with Crippen LogP contribution in [-0.4, -0.2) is 11.4 Å². The van der Waals surface area contributed by atoms with E-state index < -0.39 is 0 Å². The van der Waals surface area contributed by atoms with E-state index in [-0.39, 0.29) is 17.2 Å². The second-order valence-corrected chi connectivity index (χ2v) is 5.94. The molecule has 0 saturated heterocycles. The number of nitrogens with one attached hydrogen (secondary N) is 2. The lowest BCUT2D eigenvalue weighted by molar-refractivity contribution is 0.0887. The van der Waals surface area contributed by atoms with Gasteiger partial charge in [-0.05, 0) is 57.2 Å². The summed E-state index contributed by atoms with van der Waals surface area (Å²) < 4.78 is 5.54. The van der Waals surface area contributed by atoms with Crippen molar-refractivity contribution in [2.45, 2.75) is 26.3 Å². The Hall–Kier alpha value is -1.78. The van der Waals surface area contributed by atoms with Crippen molar-refractivity contribution in [2.75, 3.05) is 0 Å². The molecular formula is C15H17ClN2O2. The molecule has 1 heterocycles. The van der Waals surface area contributed by atoms with Crippen LogP contribution in [0.1, 0.15) is 31.3 Å². The lowest BCUT2D eigenvalue weighted by atomic mass is 10.1. The van der Waals surface area contributed by atoms with Crippen LogP contribution in [0.5, 0.6) is 0 Å². The summed E-state index contributed by atoms with van der Waals surface area (Å²) >= 11 is 5.84. The molecule has 0 atom stereocenters. The van der Waals surface area contributed by atoms with Crippen molar-refractivity contribution >= 4 is 17.5 Å². The zero-order chi connectivity index (χ0) is 14.8. The number of amides is 1. The quantitative estimate of drug-likeness (QED) is 0.849. The van der Waals surface area contributed by atoms with Gasteiger partial charge in [-0.1, -0.05) is 11.6 Å². The third-order valence-corrected chi connectivity index (χ3v) is 2.76.